The molecule has 0 saturated carbocycles. The predicted octanol–water partition coefficient (Wildman–Crippen LogP) is 3.52. The second-order valence-corrected chi connectivity index (χ2v) is 10.1. The normalized spacial score (nSPS) is 18.1. The molecule has 0 aromatic heterocycles. The van der Waals surface area contributed by atoms with Crippen LogP contribution in [-0.4, -0.2) is 90.0 Å². The van der Waals surface area contributed by atoms with Crippen LogP contribution in [0.3, 0.4) is 0 Å². The summed E-state index contributed by atoms with van der Waals surface area (Å²) in [5.74, 6) is -2.55. The second-order valence-electron chi connectivity index (χ2n) is 9.08. The summed E-state index contributed by atoms with van der Waals surface area (Å²) in [6, 6.07) is 10.2. The van der Waals surface area contributed by atoms with Gasteiger partial charge in [0.05, 0.1) is 11.4 Å². The lowest BCUT2D eigenvalue weighted by molar-refractivity contribution is -0.123. The average molecular weight is 515 g/mol. The van der Waals surface area contributed by atoms with Crippen molar-refractivity contribution < 1.29 is 23.2 Å². The molecular weight excluding hydrogens is 486 g/mol. The van der Waals surface area contributed by atoms with Crippen LogP contribution in [-0.2, 0) is 11.3 Å². The van der Waals surface area contributed by atoms with Crippen LogP contribution in [0.5, 0.6) is 0 Å². The first kappa shape index (κ1) is 26.0. The third-order valence-electron chi connectivity index (χ3n) is 6.18. The Morgan fingerprint density at radius 3 is 2.33 bits per heavy atom. The topological polar surface area (TPSA) is 64.2 Å². The zero-order valence-corrected chi connectivity index (χ0v) is 21.1. The molecule has 36 heavy (non-hydrogen) atoms. The number of hydrogen-bond donors (Lipinski definition) is 0. The third-order valence-corrected chi connectivity index (χ3v) is 7.08. The highest BCUT2D eigenvalue weighted by molar-refractivity contribution is 8.18. The minimum absolute atomic E-state index is 0.0272. The van der Waals surface area contributed by atoms with E-state index in [-0.39, 0.29) is 17.4 Å². The van der Waals surface area contributed by atoms with Gasteiger partial charge in [0.1, 0.15) is 0 Å². The summed E-state index contributed by atoms with van der Waals surface area (Å²) in [6.07, 6.45) is 1.59. The van der Waals surface area contributed by atoms with Crippen molar-refractivity contribution in [1.82, 2.24) is 19.6 Å². The van der Waals surface area contributed by atoms with Gasteiger partial charge in [-0.05, 0) is 67.3 Å². The molecule has 2 aromatic rings. The molecule has 0 bridgehead atoms. The molecule has 0 N–H and O–H groups in total. The standard InChI is InChI=1S/C26H28F2N4O3S/c1-29(2)9-10-30-11-13-31(14-12-30)24(33)20-6-3-18(4-7-20)16-23-25(34)32(26(35)36-23)17-19-5-8-21(27)22(28)15-19/h3-8,15-16H,9-14,17H2,1-2H3/b23-16-. The minimum Gasteiger partial charge on any atom is -0.336 e. The van der Waals surface area contributed by atoms with Crippen molar-refractivity contribution in [2.75, 3.05) is 53.4 Å². The monoisotopic (exact) mass is 514 g/mol. The molecule has 2 aromatic carbocycles. The van der Waals surface area contributed by atoms with Crippen molar-refractivity contribution in [3.8, 4) is 0 Å². The van der Waals surface area contributed by atoms with E-state index in [1.54, 1.807) is 30.3 Å². The van der Waals surface area contributed by atoms with Gasteiger partial charge in [-0.1, -0.05) is 18.2 Å². The molecule has 0 unspecified atom stereocenters. The second kappa shape index (κ2) is 11.3. The first-order valence-corrected chi connectivity index (χ1v) is 12.5. The number of rotatable bonds is 7. The van der Waals surface area contributed by atoms with Gasteiger partial charge in [0.2, 0.25) is 0 Å². The zero-order chi connectivity index (χ0) is 25.8. The summed E-state index contributed by atoms with van der Waals surface area (Å²) in [4.78, 5) is 45.6. The number of hydrogen-bond acceptors (Lipinski definition) is 6. The summed E-state index contributed by atoms with van der Waals surface area (Å²) < 4.78 is 26.6. The van der Waals surface area contributed by atoms with Gasteiger partial charge in [-0.3, -0.25) is 24.2 Å². The Labute approximate surface area is 213 Å². The number of imide groups is 1. The Morgan fingerprint density at radius 1 is 1.00 bits per heavy atom. The van der Waals surface area contributed by atoms with E-state index in [0.717, 1.165) is 55.0 Å². The Balaban J connectivity index is 1.36. The molecule has 0 atom stereocenters. The Morgan fingerprint density at radius 2 is 1.69 bits per heavy atom. The maximum atomic E-state index is 13.5. The van der Waals surface area contributed by atoms with Gasteiger partial charge in [-0.25, -0.2) is 8.78 Å². The summed E-state index contributed by atoms with van der Waals surface area (Å²) >= 11 is 0.790. The van der Waals surface area contributed by atoms with Crippen molar-refractivity contribution in [3.63, 3.8) is 0 Å². The Bertz CT molecular complexity index is 1180. The highest BCUT2D eigenvalue weighted by Crippen LogP contribution is 2.33. The maximum absolute atomic E-state index is 13.5. The van der Waals surface area contributed by atoms with Crippen LogP contribution in [0.15, 0.2) is 47.4 Å². The quantitative estimate of drug-likeness (QED) is 0.527. The Hall–Kier alpha value is -3.08. The first-order valence-electron chi connectivity index (χ1n) is 11.7. The van der Waals surface area contributed by atoms with Crippen LogP contribution in [0.2, 0.25) is 0 Å². The van der Waals surface area contributed by atoms with Crippen LogP contribution >= 0.6 is 11.8 Å². The van der Waals surface area contributed by atoms with Crippen LogP contribution in [0.1, 0.15) is 21.5 Å². The number of carbonyl (C=O) groups excluding carboxylic acids is 3. The molecule has 2 aliphatic rings. The molecule has 7 nitrogen and oxygen atoms in total. The number of likely N-dealkylation sites (N-methyl/N-ethyl adjacent to an activating group) is 1. The van der Waals surface area contributed by atoms with E-state index in [1.165, 1.54) is 6.07 Å². The van der Waals surface area contributed by atoms with Crippen molar-refractivity contribution in [2.45, 2.75) is 6.54 Å². The van der Waals surface area contributed by atoms with Crippen molar-refractivity contribution in [3.05, 3.63) is 75.7 Å². The Kier molecular flexibility index (Phi) is 8.17. The summed E-state index contributed by atoms with van der Waals surface area (Å²) in [7, 11) is 4.09. The van der Waals surface area contributed by atoms with Gasteiger partial charge in [0.15, 0.2) is 11.6 Å². The lowest BCUT2D eigenvalue weighted by Crippen LogP contribution is -2.49. The average Bonchev–Trinajstić information content (AvgIpc) is 3.12. The molecule has 2 saturated heterocycles. The van der Waals surface area contributed by atoms with Crippen LogP contribution < -0.4 is 0 Å². The number of carbonyl (C=O) groups is 3. The van der Waals surface area contributed by atoms with Gasteiger partial charge in [-0.15, -0.1) is 0 Å². The fraction of sp³-hybridized carbons (Fsp3) is 0.346. The highest BCUT2D eigenvalue weighted by atomic mass is 32.2. The van der Waals surface area contributed by atoms with E-state index in [1.807, 2.05) is 19.0 Å². The summed E-state index contributed by atoms with van der Waals surface area (Å²) in [6.45, 7) is 4.87. The molecule has 0 radical (unpaired) electrons. The fourth-order valence-electron chi connectivity index (χ4n) is 4.03. The van der Waals surface area contributed by atoms with E-state index < -0.39 is 22.8 Å². The molecule has 3 amide bonds. The number of piperazine rings is 1. The van der Waals surface area contributed by atoms with Crippen molar-refractivity contribution in [2.24, 2.45) is 0 Å². The van der Waals surface area contributed by atoms with E-state index in [2.05, 4.69) is 9.80 Å². The molecule has 2 aliphatic heterocycles. The molecule has 0 spiro atoms. The first-order chi connectivity index (χ1) is 17.2. The van der Waals surface area contributed by atoms with Crippen molar-refractivity contribution in [1.29, 1.82) is 0 Å². The van der Waals surface area contributed by atoms with Gasteiger partial charge in [0, 0.05) is 44.8 Å². The van der Waals surface area contributed by atoms with E-state index >= 15 is 0 Å². The summed E-state index contributed by atoms with van der Waals surface area (Å²) in [5.41, 5.74) is 1.57. The van der Waals surface area contributed by atoms with Gasteiger partial charge >= 0.3 is 0 Å². The number of benzene rings is 2. The molecule has 2 fully saturated rings. The minimum atomic E-state index is -1.03. The number of amides is 3. The zero-order valence-electron chi connectivity index (χ0n) is 20.2. The molecule has 190 valence electrons. The molecule has 4 rings (SSSR count). The van der Waals surface area contributed by atoms with Crippen LogP contribution in [0.25, 0.3) is 6.08 Å². The number of nitrogens with zero attached hydrogens (tertiary/aromatic N) is 4. The smallest absolute Gasteiger partial charge is 0.293 e. The third kappa shape index (κ3) is 6.18. The fourth-order valence-corrected chi connectivity index (χ4v) is 4.87. The predicted molar refractivity (Wildman–Crippen MR) is 135 cm³/mol. The molecule has 2 heterocycles. The summed E-state index contributed by atoms with van der Waals surface area (Å²) in [5, 5.41) is -0.479. The van der Waals surface area contributed by atoms with Gasteiger partial charge < -0.3 is 9.80 Å². The van der Waals surface area contributed by atoms with Crippen LogP contribution in [0, 0.1) is 11.6 Å². The van der Waals surface area contributed by atoms with Crippen molar-refractivity contribution >= 4 is 34.9 Å². The van der Waals surface area contributed by atoms with E-state index in [4.69, 9.17) is 0 Å². The number of halogens is 2. The molecule has 10 heteroatoms. The highest BCUT2D eigenvalue weighted by Gasteiger charge is 2.35. The van der Waals surface area contributed by atoms with E-state index in [9.17, 15) is 23.2 Å². The SMILES string of the molecule is CN(C)CCN1CCN(C(=O)c2ccc(/C=C3\SC(=O)N(Cc4ccc(F)c(F)c4)C3=O)cc2)CC1. The van der Waals surface area contributed by atoms with Gasteiger partial charge in [-0.2, -0.15) is 0 Å². The van der Waals surface area contributed by atoms with E-state index in [0.29, 0.717) is 29.8 Å². The van der Waals surface area contributed by atoms with Crippen LogP contribution in [0.4, 0.5) is 13.6 Å². The number of thioether (sulfide) groups is 1. The molecule has 0 aliphatic carbocycles. The maximum Gasteiger partial charge on any atom is 0.293 e. The largest absolute Gasteiger partial charge is 0.336 e. The van der Waals surface area contributed by atoms with Gasteiger partial charge in [0.25, 0.3) is 17.1 Å². The molecular formula is C26H28F2N4O3S. The lowest BCUT2D eigenvalue weighted by Gasteiger charge is -2.35. The lowest BCUT2D eigenvalue weighted by atomic mass is 10.1.